The van der Waals surface area contributed by atoms with Crippen LogP contribution in [0.15, 0.2) is 23.3 Å². The van der Waals surface area contributed by atoms with Crippen LogP contribution in [0.3, 0.4) is 0 Å². The molecule has 0 unspecified atom stereocenters. The molecule has 0 aliphatic heterocycles. The van der Waals surface area contributed by atoms with E-state index in [0.717, 1.165) is 11.1 Å². The molecule has 0 aliphatic rings. The summed E-state index contributed by atoms with van der Waals surface area (Å²) in [7, 11) is 0. The van der Waals surface area contributed by atoms with Gasteiger partial charge in [-0.15, -0.1) is 0 Å². The Kier molecular flexibility index (Phi) is 4.83. The lowest BCUT2D eigenvalue weighted by molar-refractivity contribution is 0.244. The molecule has 64 valence electrons. The molecule has 11 heavy (non-hydrogen) atoms. The molecule has 2 heteroatoms. The molecule has 0 saturated heterocycles. The zero-order valence-corrected chi connectivity index (χ0v) is 7.33. The summed E-state index contributed by atoms with van der Waals surface area (Å²) in [5, 5.41) is 18.0. The van der Waals surface area contributed by atoms with Gasteiger partial charge in [0.2, 0.25) is 0 Å². The SMILES string of the molecule is CC=C(C)[C@H](O)C(C)=CCO. The van der Waals surface area contributed by atoms with Gasteiger partial charge in [-0.2, -0.15) is 0 Å². The van der Waals surface area contributed by atoms with E-state index in [1.165, 1.54) is 0 Å². The fourth-order valence-corrected chi connectivity index (χ4v) is 0.773. The second-order valence-electron chi connectivity index (χ2n) is 2.57. The summed E-state index contributed by atoms with van der Waals surface area (Å²) < 4.78 is 0. The number of hydrogen-bond acceptors (Lipinski definition) is 2. The van der Waals surface area contributed by atoms with Gasteiger partial charge in [-0.3, -0.25) is 0 Å². The van der Waals surface area contributed by atoms with Crippen molar-refractivity contribution in [3.8, 4) is 0 Å². The van der Waals surface area contributed by atoms with Gasteiger partial charge in [0.15, 0.2) is 0 Å². The minimum absolute atomic E-state index is 0.0140. The molecule has 0 aliphatic carbocycles. The van der Waals surface area contributed by atoms with Gasteiger partial charge in [-0.1, -0.05) is 12.2 Å². The molecule has 0 heterocycles. The molecule has 0 aromatic heterocycles. The summed E-state index contributed by atoms with van der Waals surface area (Å²) in [6.07, 6.45) is 2.93. The number of hydrogen-bond donors (Lipinski definition) is 2. The van der Waals surface area contributed by atoms with Gasteiger partial charge in [0.1, 0.15) is 0 Å². The first kappa shape index (κ1) is 10.4. The zero-order chi connectivity index (χ0) is 8.85. The van der Waals surface area contributed by atoms with Crippen LogP contribution in [-0.4, -0.2) is 22.9 Å². The van der Waals surface area contributed by atoms with Crippen molar-refractivity contribution in [2.24, 2.45) is 0 Å². The molecule has 0 bridgehead atoms. The van der Waals surface area contributed by atoms with E-state index < -0.39 is 6.10 Å². The first-order valence-electron chi connectivity index (χ1n) is 3.71. The van der Waals surface area contributed by atoms with Crippen LogP contribution < -0.4 is 0 Å². The summed E-state index contributed by atoms with van der Waals surface area (Å²) in [5.41, 5.74) is 1.70. The Morgan fingerprint density at radius 3 is 2.27 bits per heavy atom. The van der Waals surface area contributed by atoms with Crippen LogP contribution in [-0.2, 0) is 0 Å². The summed E-state index contributed by atoms with van der Waals surface area (Å²) in [5.74, 6) is 0. The van der Waals surface area contributed by atoms with Crippen LogP contribution in [0, 0.1) is 0 Å². The Morgan fingerprint density at radius 2 is 1.91 bits per heavy atom. The number of aliphatic hydroxyl groups is 2. The quantitative estimate of drug-likeness (QED) is 0.604. The molecule has 0 rings (SSSR count). The van der Waals surface area contributed by atoms with Crippen LogP contribution in [0.4, 0.5) is 0 Å². The van der Waals surface area contributed by atoms with E-state index in [1.807, 2.05) is 19.9 Å². The van der Waals surface area contributed by atoms with Gasteiger partial charge in [0, 0.05) is 0 Å². The Morgan fingerprint density at radius 1 is 1.36 bits per heavy atom. The molecule has 2 N–H and O–H groups in total. The molecular weight excluding hydrogens is 140 g/mol. The first-order valence-corrected chi connectivity index (χ1v) is 3.71. The van der Waals surface area contributed by atoms with Crippen molar-refractivity contribution in [1.29, 1.82) is 0 Å². The average molecular weight is 156 g/mol. The van der Waals surface area contributed by atoms with Crippen LogP contribution in [0.2, 0.25) is 0 Å². The zero-order valence-electron chi connectivity index (χ0n) is 7.33. The highest BCUT2D eigenvalue weighted by molar-refractivity contribution is 5.19. The molecule has 1 atom stereocenters. The minimum atomic E-state index is -0.535. The van der Waals surface area contributed by atoms with E-state index in [1.54, 1.807) is 13.0 Å². The van der Waals surface area contributed by atoms with Crippen molar-refractivity contribution in [1.82, 2.24) is 0 Å². The predicted octanol–water partition coefficient (Wildman–Crippen LogP) is 1.25. The highest BCUT2D eigenvalue weighted by atomic mass is 16.3. The Hall–Kier alpha value is -0.600. The van der Waals surface area contributed by atoms with Crippen LogP contribution in [0.5, 0.6) is 0 Å². The van der Waals surface area contributed by atoms with Gasteiger partial charge in [0.05, 0.1) is 12.7 Å². The Balaban J connectivity index is 4.24. The second-order valence-corrected chi connectivity index (χ2v) is 2.57. The first-order chi connectivity index (χ1) is 5.13. The lowest BCUT2D eigenvalue weighted by Gasteiger charge is -2.10. The summed E-state index contributed by atoms with van der Waals surface area (Å²) >= 11 is 0. The van der Waals surface area contributed by atoms with Gasteiger partial charge in [0.25, 0.3) is 0 Å². The van der Waals surface area contributed by atoms with Gasteiger partial charge >= 0.3 is 0 Å². The molecule has 0 aromatic rings. The molecule has 2 nitrogen and oxygen atoms in total. The van der Waals surface area contributed by atoms with E-state index >= 15 is 0 Å². The third-order valence-corrected chi connectivity index (χ3v) is 1.73. The fourth-order valence-electron chi connectivity index (χ4n) is 0.773. The molecule has 0 fully saturated rings. The highest BCUT2D eigenvalue weighted by Crippen LogP contribution is 2.10. The number of allylic oxidation sites excluding steroid dienone is 1. The molecule has 0 radical (unpaired) electrons. The summed E-state index contributed by atoms with van der Waals surface area (Å²) in [6, 6.07) is 0. The van der Waals surface area contributed by atoms with Crippen LogP contribution in [0.25, 0.3) is 0 Å². The van der Waals surface area contributed by atoms with E-state index in [2.05, 4.69) is 0 Å². The summed E-state index contributed by atoms with van der Waals surface area (Å²) in [6.45, 7) is 5.53. The largest absolute Gasteiger partial charge is 0.392 e. The van der Waals surface area contributed by atoms with Gasteiger partial charge in [-0.25, -0.2) is 0 Å². The fraction of sp³-hybridized carbons (Fsp3) is 0.556. The number of rotatable bonds is 3. The highest BCUT2D eigenvalue weighted by Gasteiger charge is 2.06. The molecule has 0 amide bonds. The maximum Gasteiger partial charge on any atom is 0.0956 e. The third-order valence-electron chi connectivity index (χ3n) is 1.73. The predicted molar refractivity (Wildman–Crippen MR) is 46.3 cm³/mol. The second kappa shape index (κ2) is 5.10. The van der Waals surface area contributed by atoms with Gasteiger partial charge in [-0.05, 0) is 31.9 Å². The van der Waals surface area contributed by atoms with Crippen molar-refractivity contribution in [3.63, 3.8) is 0 Å². The monoisotopic (exact) mass is 156 g/mol. The maximum absolute atomic E-state index is 9.47. The maximum atomic E-state index is 9.47. The third kappa shape index (κ3) is 3.35. The summed E-state index contributed by atoms with van der Waals surface area (Å²) in [4.78, 5) is 0. The average Bonchev–Trinajstić information content (AvgIpc) is 2.02. The lowest BCUT2D eigenvalue weighted by Crippen LogP contribution is -2.09. The van der Waals surface area contributed by atoms with E-state index in [-0.39, 0.29) is 6.61 Å². The molecular formula is C9H16O2. The van der Waals surface area contributed by atoms with Crippen molar-refractivity contribution in [2.45, 2.75) is 26.9 Å². The lowest BCUT2D eigenvalue weighted by atomic mass is 10.0. The molecule has 0 saturated carbocycles. The van der Waals surface area contributed by atoms with Gasteiger partial charge < -0.3 is 10.2 Å². The smallest absolute Gasteiger partial charge is 0.0956 e. The topological polar surface area (TPSA) is 40.5 Å². The van der Waals surface area contributed by atoms with Crippen molar-refractivity contribution < 1.29 is 10.2 Å². The van der Waals surface area contributed by atoms with Crippen molar-refractivity contribution in [3.05, 3.63) is 23.3 Å². The van der Waals surface area contributed by atoms with Crippen molar-refractivity contribution >= 4 is 0 Å². The van der Waals surface area contributed by atoms with E-state index in [0.29, 0.717) is 0 Å². The van der Waals surface area contributed by atoms with E-state index in [4.69, 9.17) is 5.11 Å². The van der Waals surface area contributed by atoms with Crippen LogP contribution >= 0.6 is 0 Å². The molecule has 0 aromatic carbocycles. The minimum Gasteiger partial charge on any atom is -0.392 e. The van der Waals surface area contributed by atoms with Crippen molar-refractivity contribution in [2.75, 3.05) is 6.61 Å². The standard InChI is InChI=1S/C9H16O2/c1-4-7(2)9(11)8(3)5-6-10/h4-5,9-11H,6H2,1-3H3/t9-/m0/s1. The van der Waals surface area contributed by atoms with E-state index in [9.17, 15) is 5.11 Å². The molecule has 0 spiro atoms. The normalized spacial score (nSPS) is 16.8. The Bertz CT molecular complexity index is 168. The number of aliphatic hydroxyl groups excluding tert-OH is 2. The Labute approximate surface area is 67.9 Å². The van der Waals surface area contributed by atoms with Crippen LogP contribution in [0.1, 0.15) is 20.8 Å².